The second-order valence-corrected chi connectivity index (χ2v) is 15.9. The van der Waals surface area contributed by atoms with Gasteiger partial charge in [0, 0.05) is 82.3 Å². The van der Waals surface area contributed by atoms with Crippen molar-refractivity contribution >= 4 is 91.4 Å². The Bertz CT molecular complexity index is 1390. The highest BCUT2D eigenvalue weighted by molar-refractivity contribution is 14.1. The van der Waals surface area contributed by atoms with Crippen molar-refractivity contribution in [3.63, 3.8) is 0 Å². The van der Waals surface area contributed by atoms with Crippen LogP contribution in [0.15, 0.2) is 61.0 Å². The SMILES string of the molecule is CC(C)(C)OC(=O)N(C/C=C/C(=O)N1CCCCC1)CCOc1ccc(I)cn1.Cl.NCCOc1ccc(I)cn1.O=C(/C=C/CBr)N1CCCCC1. The third-order valence-corrected chi connectivity index (χ3v) is 8.95. The fraction of sp³-hybridized carbons (Fsp3) is 0.541. The number of halogens is 4. The van der Waals surface area contributed by atoms with Gasteiger partial charge < -0.3 is 34.6 Å². The van der Waals surface area contributed by atoms with Crippen molar-refractivity contribution < 1.29 is 28.6 Å². The molecule has 296 valence electrons. The van der Waals surface area contributed by atoms with Gasteiger partial charge in [-0.15, -0.1) is 12.4 Å². The predicted octanol–water partition coefficient (Wildman–Crippen LogP) is 7.27. The first-order valence-corrected chi connectivity index (χ1v) is 20.8. The van der Waals surface area contributed by atoms with E-state index in [1.54, 1.807) is 36.7 Å². The summed E-state index contributed by atoms with van der Waals surface area (Å²) in [7, 11) is 0. The van der Waals surface area contributed by atoms with Crippen LogP contribution in [0.25, 0.3) is 0 Å². The topological polar surface area (TPSA) is 140 Å². The molecule has 3 amide bonds. The van der Waals surface area contributed by atoms with E-state index >= 15 is 0 Å². The Kier molecular flexibility index (Phi) is 26.0. The molecule has 0 bridgehead atoms. The third kappa shape index (κ3) is 22.7. The standard InChI is InChI=1S/C21H30IN3O4.C9H14BrNO.C7H9IN2O.ClH/c1-21(2,3)29-20(27)25(14-15-28-18-10-9-17(22)16-23-18)13-7-8-19(26)24-11-5-4-6-12-24;10-6-4-5-9(12)11-7-2-1-3-8-11;8-6-1-2-7(10-5-6)11-4-3-9;/h7-10,16H,4-6,11-15H2,1-3H3;4-5H,1-3,6-8H2;1-2,5H,3-4,9H2;1H/b8-7+;5-4+;;. The van der Waals surface area contributed by atoms with Crippen molar-refractivity contribution in [1.82, 2.24) is 24.7 Å². The molecule has 2 aromatic rings. The van der Waals surface area contributed by atoms with Gasteiger partial charge in [-0.25, -0.2) is 14.8 Å². The summed E-state index contributed by atoms with van der Waals surface area (Å²) in [5, 5.41) is 0.757. The monoisotopic (exact) mass is 1050 g/mol. The van der Waals surface area contributed by atoms with E-state index in [0.717, 1.165) is 64.3 Å². The molecule has 16 heteroatoms. The molecule has 2 saturated heterocycles. The fourth-order valence-electron chi connectivity index (χ4n) is 4.77. The van der Waals surface area contributed by atoms with Gasteiger partial charge in [0.15, 0.2) is 0 Å². The minimum atomic E-state index is -0.596. The van der Waals surface area contributed by atoms with Gasteiger partial charge in [0.05, 0.1) is 6.54 Å². The van der Waals surface area contributed by atoms with Gasteiger partial charge in [-0.3, -0.25) is 9.59 Å². The zero-order valence-electron chi connectivity index (χ0n) is 30.9. The Morgan fingerprint density at radius 2 is 1.28 bits per heavy atom. The molecule has 0 atom stereocenters. The maximum Gasteiger partial charge on any atom is 0.410 e. The lowest BCUT2D eigenvalue weighted by Gasteiger charge is -2.27. The largest absolute Gasteiger partial charge is 0.476 e. The zero-order chi connectivity index (χ0) is 38.2. The predicted molar refractivity (Wildman–Crippen MR) is 232 cm³/mol. The summed E-state index contributed by atoms with van der Waals surface area (Å²) < 4.78 is 18.4. The van der Waals surface area contributed by atoms with Crippen LogP contribution in [-0.2, 0) is 14.3 Å². The number of pyridine rings is 2. The van der Waals surface area contributed by atoms with E-state index in [9.17, 15) is 14.4 Å². The number of ether oxygens (including phenoxy) is 3. The second-order valence-electron chi connectivity index (χ2n) is 12.8. The summed E-state index contributed by atoms with van der Waals surface area (Å²) in [6, 6.07) is 7.47. The smallest absolute Gasteiger partial charge is 0.410 e. The number of alkyl halides is 1. The Morgan fingerprint density at radius 3 is 1.70 bits per heavy atom. The number of rotatable bonds is 12. The lowest BCUT2D eigenvalue weighted by atomic mass is 10.1. The van der Waals surface area contributed by atoms with Crippen molar-refractivity contribution in [3.05, 3.63) is 68.1 Å². The number of aromatic nitrogens is 2. The number of likely N-dealkylation sites (tertiary alicyclic amines) is 2. The minimum absolute atomic E-state index is 0. The van der Waals surface area contributed by atoms with Gasteiger partial charge >= 0.3 is 6.09 Å². The van der Waals surface area contributed by atoms with Crippen LogP contribution in [0.2, 0.25) is 0 Å². The van der Waals surface area contributed by atoms with Gasteiger partial charge in [-0.05, 0) is 123 Å². The van der Waals surface area contributed by atoms with Crippen molar-refractivity contribution in [1.29, 1.82) is 0 Å². The molecule has 2 fully saturated rings. The summed E-state index contributed by atoms with van der Waals surface area (Å²) in [5.41, 5.74) is 4.66. The Balaban J connectivity index is 0.000000478. The van der Waals surface area contributed by atoms with E-state index in [1.807, 2.05) is 54.8 Å². The summed E-state index contributed by atoms with van der Waals surface area (Å²) in [6.07, 6.45) is 16.7. The molecule has 12 nitrogen and oxygen atoms in total. The maximum atomic E-state index is 12.5. The first kappa shape index (κ1) is 48.8. The zero-order valence-corrected chi connectivity index (χ0v) is 37.6. The molecule has 4 rings (SSSR count). The third-order valence-electron chi connectivity index (χ3n) is 7.30. The number of carbonyl (C=O) groups excluding carboxylic acids is 3. The maximum absolute atomic E-state index is 12.5. The van der Waals surface area contributed by atoms with Crippen LogP contribution in [0, 0.1) is 7.14 Å². The van der Waals surface area contributed by atoms with Crippen LogP contribution in [0.3, 0.4) is 0 Å². The van der Waals surface area contributed by atoms with E-state index in [2.05, 4.69) is 71.1 Å². The van der Waals surface area contributed by atoms with Crippen LogP contribution in [-0.4, -0.2) is 113 Å². The van der Waals surface area contributed by atoms with Crippen molar-refractivity contribution in [2.45, 2.75) is 64.9 Å². The average Bonchev–Trinajstić information content (AvgIpc) is 3.14. The molecular weight excluding hydrogens is 994 g/mol. The van der Waals surface area contributed by atoms with Crippen LogP contribution in [0.4, 0.5) is 4.79 Å². The number of nitrogens with two attached hydrogens (primary N) is 1. The number of allylic oxidation sites excluding steroid dienone is 1. The van der Waals surface area contributed by atoms with Gasteiger partial charge in [-0.1, -0.05) is 28.1 Å². The van der Waals surface area contributed by atoms with Crippen LogP contribution >= 0.6 is 73.5 Å². The normalized spacial score (nSPS) is 14.2. The van der Waals surface area contributed by atoms with Crippen LogP contribution < -0.4 is 15.2 Å². The van der Waals surface area contributed by atoms with Gasteiger partial charge in [0.2, 0.25) is 23.6 Å². The first-order valence-electron chi connectivity index (χ1n) is 17.6. The quantitative estimate of drug-likeness (QED) is 0.132. The van der Waals surface area contributed by atoms with Crippen molar-refractivity contribution in [3.8, 4) is 11.8 Å². The molecule has 4 heterocycles. The fourth-order valence-corrected chi connectivity index (χ4v) is 5.59. The Hall–Kier alpha value is -2.22. The molecule has 2 aliphatic rings. The van der Waals surface area contributed by atoms with Crippen molar-refractivity contribution in [2.24, 2.45) is 5.73 Å². The molecule has 0 aliphatic carbocycles. The molecule has 2 N–H and O–H groups in total. The summed E-state index contributed by atoms with van der Waals surface area (Å²) >= 11 is 7.61. The van der Waals surface area contributed by atoms with Gasteiger partial charge in [0.25, 0.3) is 0 Å². The van der Waals surface area contributed by atoms with E-state index < -0.39 is 11.7 Å². The van der Waals surface area contributed by atoms with Crippen molar-refractivity contribution in [2.75, 3.05) is 64.4 Å². The van der Waals surface area contributed by atoms with Crippen LogP contribution in [0.1, 0.15) is 59.3 Å². The number of hydrogen-bond donors (Lipinski definition) is 1. The van der Waals surface area contributed by atoms with Gasteiger partial charge in [-0.2, -0.15) is 0 Å². The van der Waals surface area contributed by atoms with E-state index in [0.29, 0.717) is 31.5 Å². The first-order chi connectivity index (χ1) is 24.9. The highest BCUT2D eigenvalue weighted by atomic mass is 127. The van der Waals surface area contributed by atoms with Crippen LogP contribution in [0.5, 0.6) is 11.8 Å². The highest BCUT2D eigenvalue weighted by Crippen LogP contribution is 2.13. The molecule has 53 heavy (non-hydrogen) atoms. The lowest BCUT2D eigenvalue weighted by molar-refractivity contribution is -0.127. The molecule has 0 unspecified atom stereocenters. The molecule has 2 aromatic heterocycles. The Labute approximate surface area is 356 Å². The minimum Gasteiger partial charge on any atom is -0.476 e. The molecule has 0 aromatic carbocycles. The summed E-state index contributed by atoms with van der Waals surface area (Å²) in [5.74, 6) is 1.29. The number of nitrogens with zero attached hydrogens (tertiary/aromatic N) is 5. The number of piperidine rings is 2. The van der Waals surface area contributed by atoms with E-state index in [-0.39, 0.29) is 37.4 Å². The molecule has 0 radical (unpaired) electrons. The van der Waals surface area contributed by atoms with E-state index in [1.165, 1.54) is 17.7 Å². The number of hydrogen-bond acceptors (Lipinski definition) is 9. The molecule has 0 spiro atoms. The number of amides is 3. The highest BCUT2D eigenvalue weighted by Gasteiger charge is 2.22. The average molecular weight is 1050 g/mol. The molecule has 2 aliphatic heterocycles. The lowest BCUT2D eigenvalue weighted by Crippen LogP contribution is -2.39. The molecular formula is C37H54BrClI2N6O6. The van der Waals surface area contributed by atoms with E-state index in [4.69, 9.17) is 19.9 Å². The summed E-state index contributed by atoms with van der Waals surface area (Å²) in [4.78, 5) is 49.7. The summed E-state index contributed by atoms with van der Waals surface area (Å²) in [6.45, 7) is 10.9. The molecule has 0 saturated carbocycles. The Morgan fingerprint density at radius 1 is 0.811 bits per heavy atom. The number of carbonyl (C=O) groups is 3. The van der Waals surface area contributed by atoms with Gasteiger partial charge in [0.1, 0.15) is 18.8 Å². The second kappa shape index (κ2) is 28.2.